The molecular weight excluding hydrogens is 357 g/mol. The smallest absolute Gasteiger partial charge is 0.404 e. The molecule has 6 nitrogen and oxygen atoms in total. The Morgan fingerprint density at radius 3 is 2.62 bits per heavy atom. The molecule has 0 unspecified atom stereocenters. The molecule has 10 heteroatoms. The Bertz CT molecular complexity index is 654. The van der Waals surface area contributed by atoms with Crippen molar-refractivity contribution in [2.45, 2.75) is 6.36 Å². The molecule has 0 saturated carbocycles. The number of rotatable bonds is 3. The molecule has 1 N–H and O–H groups in total. The Balaban J connectivity index is 2.08. The topological polar surface area (TPSA) is 69.0 Å². The van der Waals surface area contributed by atoms with Gasteiger partial charge in [-0.2, -0.15) is 5.10 Å². The number of alkyl halides is 3. The van der Waals surface area contributed by atoms with Crippen molar-refractivity contribution < 1.29 is 22.7 Å². The molecule has 112 valence electrons. The highest BCUT2D eigenvalue weighted by Crippen LogP contribution is 2.22. The van der Waals surface area contributed by atoms with Gasteiger partial charge in [-0.15, -0.1) is 13.2 Å². The number of aromatic nitrogens is 3. The molecule has 0 aliphatic heterocycles. The summed E-state index contributed by atoms with van der Waals surface area (Å²) in [5, 5.41) is 6.49. The molecule has 2 heterocycles. The van der Waals surface area contributed by atoms with Crippen molar-refractivity contribution in [3.63, 3.8) is 0 Å². The first kappa shape index (κ1) is 15.3. The molecule has 0 aliphatic carbocycles. The maximum atomic E-state index is 12.0. The second-order valence-electron chi connectivity index (χ2n) is 3.86. The fourth-order valence-corrected chi connectivity index (χ4v) is 1.89. The lowest BCUT2D eigenvalue weighted by molar-refractivity contribution is -0.274. The fourth-order valence-electron chi connectivity index (χ4n) is 1.44. The lowest BCUT2D eigenvalue weighted by Gasteiger charge is -2.09. The summed E-state index contributed by atoms with van der Waals surface area (Å²) in [7, 11) is 1.62. The standard InChI is InChI=1S/C11H8BrF3N4O2/c1-19-9(4-8(12)18-19)17-10(20)7-3-2-6(5-16-7)21-11(13,14)15/h2-5H,1H3,(H,17,20). The summed E-state index contributed by atoms with van der Waals surface area (Å²) in [6, 6.07) is 3.70. The average Bonchev–Trinajstić information content (AvgIpc) is 2.66. The van der Waals surface area contributed by atoms with E-state index < -0.39 is 18.0 Å². The van der Waals surface area contributed by atoms with E-state index in [2.05, 4.69) is 36.1 Å². The highest BCUT2D eigenvalue weighted by Gasteiger charge is 2.31. The van der Waals surface area contributed by atoms with E-state index in [-0.39, 0.29) is 5.69 Å². The highest BCUT2D eigenvalue weighted by atomic mass is 79.9. The van der Waals surface area contributed by atoms with Crippen molar-refractivity contribution in [2.24, 2.45) is 7.05 Å². The van der Waals surface area contributed by atoms with Crippen LogP contribution in [0.5, 0.6) is 5.75 Å². The van der Waals surface area contributed by atoms with E-state index in [0.29, 0.717) is 10.4 Å². The van der Waals surface area contributed by atoms with Gasteiger partial charge in [0.05, 0.1) is 6.20 Å². The van der Waals surface area contributed by atoms with Gasteiger partial charge in [0.2, 0.25) is 0 Å². The number of amides is 1. The predicted octanol–water partition coefficient (Wildman–Crippen LogP) is 2.73. The minimum absolute atomic E-state index is 0.0538. The summed E-state index contributed by atoms with van der Waals surface area (Å²) >= 11 is 3.14. The summed E-state index contributed by atoms with van der Waals surface area (Å²) in [6.45, 7) is 0. The van der Waals surface area contributed by atoms with Crippen molar-refractivity contribution in [1.29, 1.82) is 0 Å². The second kappa shape index (κ2) is 5.72. The summed E-state index contributed by atoms with van der Waals surface area (Å²) in [5.41, 5.74) is -0.0538. The van der Waals surface area contributed by atoms with E-state index in [1.165, 1.54) is 4.68 Å². The largest absolute Gasteiger partial charge is 0.573 e. The zero-order valence-electron chi connectivity index (χ0n) is 10.5. The van der Waals surface area contributed by atoms with Crippen LogP contribution in [-0.4, -0.2) is 27.0 Å². The van der Waals surface area contributed by atoms with Crippen LogP contribution in [-0.2, 0) is 7.05 Å². The van der Waals surface area contributed by atoms with Crippen LogP contribution in [0.4, 0.5) is 19.0 Å². The first-order valence-electron chi connectivity index (χ1n) is 5.47. The van der Waals surface area contributed by atoms with E-state index in [0.717, 1.165) is 18.3 Å². The van der Waals surface area contributed by atoms with Crippen molar-refractivity contribution in [3.05, 3.63) is 34.7 Å². The van der Waals surface area contributed by atoms with Gasteiger partial charge in [0.1, 0.15) is 21.9 Å². The molecule has 2 aromatic rings. The van der Waals surface area contributed by atoms with E-state index >= 15 is 0 Å². The molecule has 0 spiro atoms. The summed E-state index contributed by atoms with van der Waals surface area (Å²) in [5.74, 6) is -0.671. The number of nitrogens with one attached hydrogen (secondary N) is 1. The molecule has 0 saturated heterocycles. The van der Waals surface area contributed by atoms with Crippen molar-refractivity contribution in [2.75, 3.05) is 5.32 Å². The van der Waals surface area contributed by atoms with Gasteiger partial charge in [-0.1, -0.05) is 0 Å². The fraction of sp³-hybridized carbons (Fsp3) is 0.182. The zero-order valence-corrected chi connectivity index (χ0v) is 12.1. The lowest BCUT2D eigenvalue weighted by Crippen LogP contribution is -2.18. The number of carbonyl (C=O) groups is 1. The maximum Gasteiger partial charge on any atom is 0.573 e. The van der Waals surface area contributed by atoms with Crippen molar-refractivity contribution >= 4 is 27.7 Å². The van der Waals surface area contributed by atoms with Crippen LogP contribution in [0, 0.1) is 0 Å². The molecule has 2 rings (SSSR count). The summed E-state index contributed by atoms with van der Waals surface area (Å²) in [6.07, 6.45) is -3.98. The van der Waals surface area contributed by atoms with Gasteiger partial charge in [-0.05, 0) is 28.1 Å². The Morgan fingerprint density at radius 1 is 1.43 bits per heavy atom. The lowest BCUT2D eigenvalue weighted by atomic mass is 10.3. The molecule has 0 fully saturated rings. The number of carbonyl (C=O) groups excluding carboxylic acids is 1. The number of aryl methyl sites for hydroxylation is 1. The third-order valence-electron chi connectivity index (χ3n) is 2.29. The Labute approximate surface area is 125 Å². The Morgan fingerprint density at radius 2 is 2.14 bits per heavy atom. The molecule has 0 atom stereocenters. The molecule has 0 bridgehead atoms. The molecule has 2 aromatic heterocycles. The van der Waals surface area contributed by atoms with Crippen LogP contribution in [0.25, 0.3) is 0 Å². The van der Waals surface area contributed by atoms with Gasteiger partial charge >= 0.3 is 6.36 Å². The van der Waals surface area contributed by atoms with E-state index in [1.807, 2.05) is 0 Å². The highest BCUT2D eigenvalue weighted by molar-refractivity contribution is 9.10. The van der Waals surface area contributed by atoms with Crippen molar-refractivity contribution in [1.82, 2.24) is 14.8 Å². The first-order valence-corrected chi connectivity index (χ1v) is 6.26. The molecule has 0 aromatic carbocycles. The zero-order chi connectivity index (χ0) is 15.6. The monoisotopic (exact) mass is 364 g/mol. The van der Waals surface area contributed by atoms with Crippen LogP contribution in [0.1, 0.15) is 10.5 Å². The van der Waals surface area contributed by atoms with Crippen LogP contribution in [0.2, 0.25) is 0 Å². The Hall–Kier alpha value is -2.10. The molecule has 0 radical (unpaired) electrons. The van der Waals surface area contributed by atoms with E-state index in [4.69, 9.17) is 0 Å². The number of ether oxygens (including phenoxy) is 1. The normalized spacial score (nSPS) is 11.3. The number of pyridine rings is 1. The minimum Gasteiger partial charge on any atom is -0.404 e. The van der Waals surface area contributed by atoms with Crippen LogP contribution in [0.15, 0.2) is 29.0 Å². The maximum absolute atomic E-state index is 12.0. The average molecular weight is 365 g/mol. The van der Waals surface area contributed by atoms with Gasteiger partial charge in [0, 0.05) is 13.1 Å². The number of anilines is 1. The van der Waals surface area contributed by atoms with Crippen LogP contribution in [0.3, 0.4) is 0 Å². The molecular formula is C11H8BrF3N4O2. The SMILES string of the molecule is Cn1nc(Br)cc1NC(=O)c1ccc(OC(F)(F)F)cn1. The van der Waals surface area contributed by atoms with Crippen molar-refractivity contribution in [3.8, 4) is 5.75 Å². The molecule has 21 heavy (non-hydrogen) atoms. The second-order valence-corrected chi connectivity index (χ2v) is 4.67. The van der Waals surface area contributed by atoms with E-state index in [1.54, 1.807) is 13.1 Å². The van der Waals surface area contributed by atoms with Gasteiger partial charge in [-0.3, -0.25) is 9.48 Å². The third kappa shape index (κ3) is 4.18. The number of hydrogen-bond acceptors (Lipinski definition) is 4. The first-order chi connectivity index (χ1) is 9.74. The quantitative estimate of drug-likeness (QED) is 0.908. The van der Waals surface area contributed by atoms with Crippen LogP contribution >= 0.6 is 15.9 Å². The summed E-state index contributed by atoms with van der Waals surface area (Å²) in [4.78, 5) is 15.5. The van der Waals surface area contributed by atoms with Gasteiger partial charge < -0.3 is 10.1 Å². The van der Waals surface area contributed by atoms with Crippen LogP contribution < -0.4 is 10.1 Å². The number of nitrogens with zero attached hydrogens (tertiary/aromatic N) is 3. The van der Waals surface area contributed by atoms with Gasteiger partial charge in [-0.25, -0.2) is 4.98 Å². The minimum atomic E-state index is -4.80. The third-order valence-corrected chi connectivity index (χ3v) is 2.68. The number of halogens is 4. The molecule has 1 amide bonds. The molecule has 0 aliphatic rings. The summed E-state index contributed by atoms with van der Waals surface area (Å²) < 4.78 is 41.6. The predicted molar refractivity (Wildman–Crippen MR) is 69.8 cm³/mol. The Kier molecular flexibility index (Phi) is 4.16. The van der Waals surface area contributed by atoms with Gasteiger partial charge in [0.25, 0.3) is 5.91 Å². The van der Waals surface area contributed by atoms with E-state index in [9.17, 15) is 18.0 Å². The van der Waals surface area contributed by atoms with Gasteiger partial charge in [0.15, 0.2) is 0 Å². The number of hydrogen-bond donors (Lipinski definition) is 1.